The highest BCUT2D eigenvalue weighted by Gasteiger charge is 2.28. The van der Waals surface area contributed by atoms with Crippen LogP contribution in [0.5, 0.6) is 5.75 Å². The van der Waals surface area contributed by atoms with E-state index in [4.69, 9.17) is 4.74 Å². The lowest BCUT2D eigenvalue weighted by Crippen LogP contribution is -2.52. The summed E-state index contributed by atoms with van der Waals surface area (Å²) in [6, 6.07) is 12.2. The number of nitrogens with zero attached hydrogens (tertiary/aromatic N) is 5. The third-order valence-electron chi connectivity index (χ3n) is 8.19. The van der Waals surface area contributed by atoms with Crippen LogP contribution >= 0.6 is 15.9 Å². The van der Waals surface area contributed by atoms with Crippen LogP contribution in [0.15, 0.2) is 47.1 Å². The Labute approximate surface area is 251 Å². The van der Waals surface area contributed by atoms with E-state index in [9.17, 15) is 4.39 Å². The van der Waals surface area contributed by atoms with Gasteiger partial charge in [0.15, 0.2) is 0 Å². The van der Waals surface area contributed by atoms with Crippen LogP contribution in [0.2, 0.25) is 0 Å². The first-order chi connectivity index (χ1) is 19.6. The van der Waals surface area contributed by atoms with E-state index in [0.717, 1.165) is 37.6 Å². The molecule has 2 saturated heterocycles. The van der Waals surface area contributed by atoms with E-state index in [-0.39, 0.29) is 0 Å². The number of piperidine rings is 1. The van der Waals surface area contributed by atoms with E-state index in [1.54, 1.807) is 33.2 Å². The van der Waals surface area contributed by atoms with E-state index in [1.807, 2.05) is 18.2 Å². The highest BCUT2D eigenvalue weighted by atomic mass is 79.9. The number of anilines is 5. The number of methoxy groups -OCH3 is 1. The summed E-state index contributed by atoms with van der Waals surface area (Å²) in [5, 5.41) is 6.61. The smallest absolute Gasteiger partial charge is 0.229 e. The third-order valence-corrected chi connectivity index (χ3v) is 8.77. The Bertz CT molecular complexity index is 1350. The zero-order chi connectivity index (χ0) is 29.1. The van der Waals surface area contributed by atoms with Gasteiger partial charge in [-0.05, 0) is 74.3 Å². The number of para-hydroxylation sites is 1. The molecule has 0 radical (unpaired) electrons. The molecule has 0 saturated carbocycles. The van der Waals surface area contributed by atoms with Crippen LogP contribution in [0.25, 0.3) is 0 Å². The van der Waals surface area contributed by atoms with Crippen molar-refractivity contribution in [1.29, 1.82) is 0 Å². The van der Waals surface area contributed by atoms with Gasteiger partial charge in [0, 0.05) is 74.5 Å². The monoisotopic (exact) mass is 625 g/mol. The molecular weight excluding hydrogens is 585 g/mol. The number of benzene rings is 2. The van der Waals surface area contributed by atoms with Crippen molar-refractivity contribution in [2.75, 3.05) is 69.0 Å². The van der Waals surface area contributed by atoms with Gasteiger partial charge in [-0.1, -0.05) is 18.2 Å². The number of likely N-dealkylation sites (N-methyl/N-ethyl adjacent to an activating group) is 1. The summed E-state index contributed by atoms with van der Waals surface area (Å²) < 4.78 is 21.3. The average molecular weight is 627 g/mol. The zero-order valence-corrected chi connectivity index (χ0v) is 26.3. The predicted octanol–water partition coefficient (Wildman–Crippen LogP) is 6.46. The van der Waals surface area contributed by atoms with Crippen LogP contribution in [-0.4, -0.2) is 79.2 Å². The number of ether oxygens (including phenoxy) is 1. The molecule has 0 bridgehead atoms. The molecular formula is C31H41BrFN7O. The molecule has 8 nitrogen and oxygen atoms in total. The lowest BCUT2D eigenvalue weighted by molar-refractivity contribution is 0.0982. The third kappa shape index (κ3) is 6.93. The van der Waals surface area contributed by atoms with Crippen molar-refractivity contribution in [3.05, 3.63) is 58.2 Å². The van der Waals surface area contributed by atoms with Crippen molar-refractivity contribution in [1.82, 2.24) is 19.8 Å². The van der Waals surface area contributed by atoms with E-state index >= 15 is 0 Å². The van der Waals surface area contributed by atoms with Gasteiger partial charge in [-0.3, -0.25) is 4.90 Å². The van der Waals surface area contributed by atoms with Crippen LogP contribution in [0.3, 0.4) is 0 Å². The fraction of sp³-hybridized carbons (Fsp3) is 0.484. The lowest BCUT2D eigenvalue weighted by Gasteiger charge is -2.43. The molecule has 0 spiro atoms. The maximum Gasteiger partial charge on any atom is 0.229 e. The molecule has 3 heterocycles. The molecule has 0 amide bonds. The number of nitrogens with one attached hydrogen (secondary N) is 2. The minimum absolute atomic E-state index is 0.408. The Morgan fingerprint density at radius 3 is 2.39 bits per heavy atom. The second-order valence-electron chi connectivity index (χ2n) is 11.6. The van der Waals surface area contributed by atoms with Gasteiger partial charge in [0.05, 0.1) is 17.3 Å². The van der Waals surface area contributed by atoms with Gasteiger partial charge in [0.2, 0.25) is 5.95 Å². The highest BCUT2D eigenvalue weighted by molar-refractivity contribution is 9.10. The number of piperazine rings is 1. The Hall–Kier alpha value is -2.95. The molecule has 0 aliphatic carbocycles. The molecule has 0 atom stereocenters. The minimum Gasteiger partial charge on any atom is -0.494 e. The molecule has 2 fully saturated rings. The topological polar surface area (TPSA) is 68.8 Å². The van der Waals surface area contributed by atoms with Gasteiger partial charge < -0.3 is 25.2 Å². The van der Waals surface area contributed by atoms with Crippen LogP contribution in [-0.2, 0) is 5.67 Å². The standard InChI is InChI=1S/C31H41BrFN7O/c1-21-18-26(28(41-5)19-27(21)40-12-10-22(11-13-40)39-16-14-38(4)15-17-39)36-30-34-20-24(32)29(37-30)35-25-9-7-6-8-23(25)31(2,3)33/h6-9,18-20,22H,10-17H2,1-5H3,(H2,34,35,36,37). The van der Waals surface area contributed by atoms with Crippen molar-refractivity contribution < 1.29 is 9.13 Å². The fourth-order valence-corrected chi connectivity index (χ4v) is 6.11. The summed E-state index contributed by atoms with van der Waals surface area (Å²) >= 11 is 3.53. The molecule has 2 N–H and O–H groups in total. The summed E-state index contributed by atoms with van der Waals surface area (Å²) in [6.07, 6.45) is 4.03. The molecule has 2 aliphatic heterocycles. The summed E-state index contributed by atoms with van der Waals surface area (Å²) in [4.78, 5) is 16.7. The second-order valence-corrected chi connectivity index (χ2v) is 12.4. The molecule has 3 aromatic rings. The van der Waals surface area contributed by atoms with Crippen molar-refractivity contribution in [2.45, 2.75) is 45.3 Å². The molecule has 1 aromatic heterocycles. The minimum atomic E-state index is -1.50. The highest BCUT2D eigenvalue weighted by Crippen LogP contribution is 2.37. The number of hydrogen-bond donors (Lipinski definition) is 2. The maximum atomic E-state index is 14.8. The zero-order valence-electron chi connectivity index (χ0n) is 24.7. The van der Waals surface area contributed by atoms with Gasteiger partial charge in [-0.2, -0.15) is 4.98 Å². The van der Waals surface area contributed by atoms with Crippen molar-refractivity contribution in [3.63, 3.8) is 0 Å². The van der Waals surface area contributed by atoms with Crippen LogP contribution in [0.4, 0.5) is 33.2 Å². The van der Waals surface area contributed by atoms with Crippen molar-refractivity contribution >= 4 is 44.8 Å². The number of alkyl halides is 1. The SMILES string of the molecule is COc1cc(N2CCC(N3CCN(C)CC3)CC2)c(C)cc1Nc1ncc(Br)c(Nc2ccccc2C(C)(C)F)n1. The van der Waals surface area contributed by atoms with Gasteiger partial charge in [0.25, 0.3) is 0 Å². The Balaban J connectivity index is 1.30. The summed E-state index contributed by atoms with van der Waals surface area (Å²) in [5.41, 5.74) is 2.87. The normalized spacial score (nSPS) is 17.5. The molecule has 2 aliphatic rings. The van der Waals surface area contributed by atoms with Crippen molar-refractivity contribution in [2.24, 2.45) is 0 Å². The van der Waals surface area contributed by atoms with E-state index < -0.39 is 5.67 Å². The summed E-state index contributed by atoms with van der Waals surface area (Å²) in [7, 11) is 3.90. The van der Waals surface area contributed by atoms with Crippen LogP contribution in [0, 0.1) is 6.92 Å². The van der Waals surface area contributed by atoms with E-state index in [1.165, 1.54) is 37.2 Å². The van der Waals surface area contributed by atoms with Crippen molar-refractivity contribution in [3.8, 4) is 5.75 Å². The lowest BCUT2D eigenvalue weighted by atomic mass is 9.98. The quantitative estimate of drug-likeness (QED) is 0.295. The first-order valence-corrected chi connectivity index (χ1v) is 15.1. The number of halogens is 2. The van der Waals surface area contributed by atoms with E-state index in [2.05, 4.69) is 77.3 Å². The molecule has 220 valence electrons. The van der Waals surface area contributed by atoms with Gasteiger partial charge in [0.1, 0.15) is 17.2 Å². The Morgan fingerprint density at radius 1 is 1.00 bits per heavy atom. The van der Waals surface area contributed by atoms with Gasteiger partial charge >= 0.3 is 0 Å². The van der Waals surface area contributed by atoms with E-state index in [0.29, 0.717) is 33.5 Å². The van der Waals surface area contributed by atoms with Gasteiger partial charge in [-0.25, -0.2) is 9.37 Å². The summed E-state index contributed by atoms with van der Waals surface area (Å²) in [5.74, 6) is 1.68. The van der Waals surface area contributed by atoms with Crippen LogP contribution in [0.1, 0.15) is 37.8 Å². The second kappa shape index (κ2) is 12.5. The average Bonchev–Trinajstić information content (AvgIpc) is 2.95. The number of hydrogen-bond acceptors (Lipinski definition) is 8. The molecule has 10 heteroatoms. The number of aromatic nitrogens is 2. The van der Waals surface area contributed by atoms with Gasteiger partial charge in [-0.15, -0.1) is 0 Å². The maximum absolute atomic E-state index is 14.8. The Kier molecular flexibility index (Phi) is 9.01. The summed E-state index contributed by atoms with van der Waals surface area (Å²) in [6.45, 7) is 12.0. The predicted molar refractivity (Wildman–Crippen MR) is 169 cm³/mol. The number of rotatable bonds is 8. The number of aryl methyl sites for hydroxylation is 1. The molecule has 2 aromatic carbocycles. The molecule has 0 unspecified atom stereocenters. The fourth-order valence-electron chi connectivity index (χ4n) is 5.82. The first kappa shape index (κ1) is 29.5. The first-order valence-electron chi connectivity index (χ1n) is 14.3. The van der Waals surface area contributed by atoms with Crippen LogP contribution < -0.4 is 20.3 Å². The Morgan fingerprint density at radius 2 is 1.71 bits per heavy atom. The molecule has 41 heavy (non-hydrogen) atoms. The molecule has 5 rings (SSSR count). The largest absolute Gasteiger partial charge is 0.494 e.